The Labute approximate surface area is 144 Å². The number of benzene rings is 1. The van der Waals surface area contributed by atoms with E-state index in [2.05, 4.69) is 17.1 Å². The highest BCUT2D eigenvalue weighted by molar-refractivity contribution is 5.78. The molecule has 1 N–H and O–H groups in total. The number of carbonyl (C=O) groups excluding carboxylic acids is 1. The quantitative estimate of drug-likeness (QED) is 0.914. The second-order valence-corrected chi connectivity index (χ2v) is 7.55. The van der Waals surface area contributed by atoms with E-state index in [9.17, 15) is 9.18 Å². The zero-order chi connectivity index (χ0) is 17.0. The number of nitrogens with one attached hydrogen (secondary N) is 1. The highest BCUT2D eigenvalue weighted by atomic mass is 19.1. The van der Waals surface area contributed by atoms with Crippen molar-refractivity contribution in [3.8, 4) is 0 Å². The van der Waals surface area contributed by atoms with E-state index in [1.54, 1.807) is 6.07 Å². The molecule has 2 heterocycles. The number of halogens is 1. The van der Waals surface area contributed by atoms with Crippen LogP contribution in [0.3, 0.4) is 0 Å². The Morgan fingerprint density at radius 1 is 1.29 bits per heavy atom. The average molecular weight is 333 g/mol. The smallest absolute Gasteiger partial charge is 0.227 e. The maximum absolute atomic E-state index is 13.3. The monoisotopic (exact) mass is 333 g/mol. The predicted molar refractivity (Wildman–Crippen MR) is 93.3 cm³/mol. The lowest BCUT2D eigenvalue weighted by Gasteiger charge is -2.31. The SMILES string of the molecule is CC1(CN2CCCN(C(=O)Cc3cccc(F)c3)CC2)CCNC1. The van der Waals surface area contributed by atoms with E-state index in [1.165, 1.54) is 18.6 Å². The molecule has 2 aliphatic rings. The summed E-state index contributed by atoms with van der Waals surface area (Å²) in [4.78, 5) is 17.0. The van der Waals surface area contributed by atoms with Crippen molar-refractivity contribution in [2.24, 2.45) is 5.41 Å². The molecular formula is C19H28FN3O. The van der Waals surface area contributed by atoms with Gasteiger partial charge in [-0.15, -0.1) is 0 Å². The van der Waals surface area contributed by atoms with Crippen molar-refractivity contribution in [3.05, 3.63) is 35.6 Å². The molecule has 1 aromatic rings. The molecule has 0 saturated carbocycles. The number of nitrogens with zero attached hydrogens (tertiary/aromatic N) is 2. The number of amides is 1. The Balaban J connectivity index is 1.52. The molecule has 3 rings (SSSR count). The minimum atomic E-state index is -0.277. The summed E-state index contributed by atoms with van der Waals surface area (Å²) in [5.41, 5.74) is 1.12. The van der Waals surface area contributed by atoms with Crippen molar-refractivity contribution < 1.29 is 9.18 Å². The van der Waals surface area contributed by atoms with E-state index < -0.39 is 0 Å². The van der Waals surface area contributed by atoms with Crippen molar-refractivity contribution in [1.29, 1.82) is 0 Å². The molecule has 2 aliphatic heterocycles. The summed E-state index contributed by atoms with van der Waals surface area (Å²) in [6.07, 6.45) is 2.53. The van der Waals surface area contributed by atoms with Crippen LogP contribution in [0, 0.1) is 11.2 Å². The number of rotatable bonds is 4. The summed E-state index contributed by atoms with van der Waals surface area (Å²) in [7, 11) is 0. The Hall–Kier alpha value is -1.46. The van der Waals surface area contributed by atoms with Gasteiger partial charge in [0.2, 0.25) is 5.91 Å². The van der Waals surface area contributed by atoms with Gasteiger partial charge in [0, 0.05) is 32.7 Å². The first-order chi connectivity index (χ1) is 11.5. The second kappa shape index (κ2) is 7.62. The van der Waals surface area contributed by atoms with E-state index in [4.69, 9.17) is 0 Å². The van der Waals surface area contributed by atoms with Crippen LogP contribution in [0.25, 0.3) is 0 Å². The largest absolute Gasteiger partial charge is 0.341 e. The number of hydrogen-bond donors (Lipinski definition) is 1. The third-order valence-corrected chi connectivity index (χ3v) is 5.25. The first-order valence-corrected chi connectivity index (χ1v) is 8.99. The molecule has 132 valence electrons. The molecule has 1 unspecified atom stereocenters. The van der Waals surface area contributed by atoms with Crippen LogP contribution in [0.15, 0.2) is 24.3 Å². The summed E-state index contributed by atoms with van der Waals surface area (Å²) in [6.45, 7) is 9.23. The highest BCUT2D eigenvalue weighted by Crippen LogP contribution is 2.26. The minimum absolute atomic E-state index is 0.108. The van der Waals surface area contributed by atoms with Crippen molar-refractivity contribution in [2.75, 3.05) is 45.8 Å². The molecule has 2 saturated heterocycles. The number of carbonyl (C=O) groups is 1. The second-order valence-electron chi connectivity index (χ2n) is 7.55. The van der Waals surface area contributed by atoms with Gasteiger partial charge in [0.1, 0.15) is 5.82 Å². The van der Waals surface area contributed by atoms with Gasteiger partial charge < -0.3 is 15.1 Å². The molecule has 0 aromatic heterocycles. The lowest BCUT2D eigenvalue weighted by atomic mass is 9.89. The molecule has 4 nitrogen and oxygen atoms in total. The fourth-order valence-corrected chi connectivity index (χ4v) is 3.86. The lowest BCUT2D eigenvalue weighted by Crippen LogP contribution is -2.40. The zero-order valence-electron chi connectivity index (χ0n) is 14.6. The van der Waals surface area contributed by atoms with Crippen molar-refractivity contribution in [2.45, 2.75) is 26.2 Å². The Kier molecular flexibility index (Phi) is 5.51. The molecule has 5 heteroatoms. The van der Waals surface area contributed by atoms with Crippen LogP contribution in [0.1, 0.15) is 25.3 Å². The van der Waals surface area contributed by atoms with E-state index in [1.807, 2.05) is 11.0 Å². The fourth-order valence-electron chi connectivity index (χ4n) is 3.86. The average Bonchev–Trinajstić information content (AvgIpc) is 2.82. The first-order valence-electron chi connectivity index (χ1n) is 8.99. The van der Waals surface area contributed by atoms with Crippen LogP contribution in [-0.2, 0) is 11.2 Å². The normalized spacial score (nSPS) is 25.7. The van der Waals surface area contributed by atoms with E-state index in [0.29, 0.717) is 11.8 Å². The van der Waals surface area contributed by atoms with E-state index in [-0.39, 0.29) is 11.7 Å². The highest BCUT2D eigenvalue weighted by Gasteiger charge is 2.31. The molecule has 0 radical (unpaired) electrons. The minimum Gasteiger partial charge on any atom is -0.341 e. The van der Waals surface area contributed by atoms with Gasteiger partial charge in [-0.05, 0) is 49.0 Å². The van der Waals surface area contributed by atoms with Crippen molar-refractivity contribution >= 4 is 5.91 Å². The molecule has 0 bridgehead atoms. The van der Waals surface area contributed by atoms with Crippen LogP contribution in [0.5, 0.6) is 0 Å². The van der Waals surface area contributed by atoms with Gasteiger partial charge in [0.05, 0.1) is 6.42 Å². The van der Waals surface area contributed by atoms with Crippen LogP contribution >= 0.6 is 0 Å². The Bertz CT molecular complexity index is 571. The van der Waals surface area contributed by atoms with Gasteiger partial charge in [0.25, 0.3) is 0 Å². The summed E-state index contributed by atoms with van der Waals surface area (Å²) in [5, 5.41) is 3.46. The molecule has 24 heavy (non-hydrogen) atoms. The lowest BCUT2D eigenvalue weighted by molar-refractivity contribution is -0.130. The van der Waals surface area contributed by atoms with E-state index >= 15 is 0 Å². The van der Waals surface area contributed by atoms with Gasteiger partial charge in [-0.3, -0.25) is 4.79 Å². The van der Waals surface area contributed by atoms with Crippen molar-refractivity contribution in [3.63, 3.8) is 0 Å². The third kappa shape index (κ3) is 4.54. The molecule has 1 atom stereocenters. The number of hydrogen-bond acceptors (Lipinski definition) is 3. The topological polar surface area (TPSA) is 35.6 Å². The maximum Gasteiger partial charge on any atom is 0.227 e. The fraction of sp³-hybridized carbons (Fsp3) is 0.632. The zero-order valence-corrected chi connectivity index (χ0v) is 14.6. The Morgan fingerprint density at radius 2 is 2.17 bits per heavy atom. The molecule has 0 spiro atoms. The molecule has 1 amide bonds. The van der Waals surface area contributed by atoms with Crippen LogP contribution in [0.2, 0.25) is 0 Å². The van der Waals surface area contributed by atoms with Gasteiger partial charge in [0.15, 0.2) is 0 Å². The van der Waals surface area contributed by atoms with Crippen LogP contribution in [0.4, 0.5) is 4.39 Å². The van der Waals surface area contributed by atoms with Gasteiger partial charge in [-0.2, -0.15) is 0 Å². The van der Waals surface area contributed by atoms with Crippen molar-refractivity contribution in [1.82, 2.24) is 15.1 Å². The van der Waals surface area contributed by atoms with Gasteiger partial charge >= 0.3 is 0 Å². The summed E-state index contributed by atoms with van der Waals surface area (Å²) in [6, 6.07) is 6.35. The van der Waals surface area contributed by atoms with Gasteiger partial charge in [-0.25, -0.2) is 4.39 Å². The Morgan fingerprint density at radius 3 is 2.92 bits per heavy atom. The summed E-state index contributed by atoms with van der Waals surface area (Å²) < 4.78 is 13.3. The first kappa shape index (κ1) is 17.4. The maximum atomic E-state index is 13.3. The standard InChI is InChI=1S/C19H28FN3O/c1-19(6-7-21-14-19)15-22-8-3-9-23(11-10-22)18(24)13-16-4-2-5-17(20)12-16/h2,4-5,12,21H,3,6-11,13-15H2,1H3. The molecular weight excluding hydrogens is 305 g/mol. The summed E-state index contributed by atoms with van der Waals surface area (Å²) in [5.74, 6) is -0.169. The van der Waals surface area contributed by atoms with Gasteiger partial charge in [-0.1, -0.05) is 19.1 Å². The predicted octanol–water partition coefficient (Wildman–Crippen LogP) is 1.90. The molecule has 1 aromatic carbocycles. The summed E-state index contributed by atoms with van der Waals surface area (Å²) >= 11 is 0. The molecule has 0 aliphatic carbocycles. The van der Waals surface area contributed by atoms with Crippen LogP contribution in [-0.4, -0.2) is 61.5 Å². The third-order valence-electron chi connectivity index (χ3n) is 5.25. The van der Waals surface area contributed by atoms with Crippen LogP contribution < -0.4 is 5.32 Å². The molecule has 2 fully saturated rings. The van der Waals surface area contributed by atoms with E-state index in [0.717, 1.165) is 57.8 Å².